The molecule has 0 saturated heterocycles. The van der Waals surface area contributed by atoms with E-state index in [0.29, 0.717) is 34.5 Å². The summed E-state index contributed by atoms with van der Waals surface area (Å²) in [6.45, 7) is 1.95. The number of nitrogens with one attached hydrogen (secondary N) is 1. The second-order valence-corrected chi connectivity index (χ2v) is 5.74. The number of ether oxygens (including phenoxy) is 1. The first-order chi connectivity index (χ1) is 11.5. The molecule has 0 unspecified atom stereocenters. The number of halogens is 2. The van der Waals surface area contributed by atoms with Crippen LogP contribution in [0.5, 0.6) is 5.88 Å². The van der Waals surface area contributed by atoms with Crippen molar-refractivity contribution in [3.63, 3.8) is 0 Å². The quantitative estimate of drug-likeness (QED) is 0.743. The summed E-state index contributed by atoms with van der Waals surface area (Å²) in [5.74, 6) is 0.639. The number of nitrogens with zero attached hydrogens (tertiary/aromatic N) is 2. The predicted octanol–water partition coefficient (Wildman–Crippen LogP) is 4.35. The van der Waals surface area contributed by atoms with E-state index in [0.717, 1.165) is 5.76 Å². The number of fused-ring (bicyclic) bond motifs is 1. The van der Waals surface area contributed by atoms with Crippen molar-refractivity contribution in [1.29, 1.82) is 0 Å². The van der Waals surface area contributed by atoms with Crippen LogP contribution in [-0.4, -0.2) is 23.0 Å². The fraction of sp³-hybridized carbons (Fsp3) is 0.188. The topological polar surface area (TPSA) is 77.2 Å². The lowest BCUT2D eigenvalue weighted by Crippen LogP contribution is -2.13. The first-order valence-corrected chi connectivity index (χ1v) is 7.86. The molecular formula is C16H13Cl2N3O3. The molecule has 3 heterocycles. The first-order valence-electron chi connectivity index (χ1n) is 7.10. The van der Waals surface area contributed by atoms with Gasteiger partial charge in [-0.3, -0.25) is 9.78 Å². The molecule has 0 bridgehead atoms. The van der Waals surface area contributed by atoms with Crippen LogP contribution in [0.25, 0.3) is 11.0 Å². The summed E-state index contributed by atoms with van der Waals surface area (Å²) in [6, 6.07) is 1.80. The van der Waals surface area contributed by atoms with Crippen molar-refractivity contribution in [2.75, 3.05) is 12.4 Å². The lowest BCUT2D eigenvalue weighted by atomic mass is 10.1. The van der Waals surface area contributed by atoms with Gasteiger partial charge in [-0.15, -0.1) is 0 Å². The number of aromatic nitrogens is 2. The molecule has 0 aliphatic heterocycles. The van der Waals surface area contributed by atoms with Gasteiger partial charge in [-0.25, -0.2) is 4.98 Å². The summed E-state index contributed by atoms with van der Waals surface area (Å²) < 4.78 is 10.9. The summed E-state index contributed by atoms with van der Waals surface area (Å²) in [5.41, 5.74) is 1.05. The standard InChI is InChI=1S/C16H13Cl2N3O3/c1-3-8-4-9-10(5-20-16(23-2)14(9)24-8)15(22)21-13-11(17)6-19-7-12(13)18/h4-7H,3H2,1-2H3,(H,19,21,22). The second kappa shape index (κ2) is 6.67. The highest BCUT2D eigenvalue weighted by Gasteiger charge is 2.20. The largest absolute Gasteiger partial charge is 0.478 e. The highest BCUT2D eigenvalue weighted by molar-refractivity contribution is 6.39. The molecular weight excluding hydrogens is 353 g/mol. The normalized spacial score (nSPS) is 10.8. The van der Waals surface area contributed by atoms with E-state index in [1.54, 1.807) is 6.07 Å². The van der Waals surface area contributed by atoms with Gasteiger partial charge in [-0.2, -0.15) is 0 Å². The van der Waals surface area contributed by atoms with E-state index in [1.165, 1.54) is 25.7 Å². The number of carbonyl (C=O) groups excluding carboxylic acids is 1. The third-order valence-corrected chi connectivity index (χ3v) is 4.03. The minimum atomic E-state index is -0.409. The summed E-state index contributed by atoms with van der Waals surface area (Å²) in [7, 11) is 1.49. The maximum absolute atomic E-state index is 12.7. The van der Waals surface area contributed by atoms with E-state index in [4.69, 9.17) is 32.4 Å². The molecule has 3 rings (SSSR count). The zero-order valence-corrected chi connectivity index (χ0v) is 14.4. The molecule has 1 N–H and O–H groups in total. The Morgan fingerprint density at radius 2 is 2.00 bits per heavy atom. The Morgan fingerprint density at radius 1 is 1.29 bits per heavy atom. The van der Waals surface area contributed by atoms with Crippen molar-refractivity contribution in [2.45, 2.75) is 13.3 Å². The monoisotopic (exact) mass is 365 g/mol. The van der Waals surface area contributed by atoms with Crippen LogP contribution < -0.4 is 10.1 Å². The average molecular weight is 366 g/mol. The van der Waals surface area contributed by atoms with Crippen molar-refractivity contribution in [3.8, 4) is 5.88 Å². The molecule has 3 aromatic heterocycles. The SMILES string of the molecule is CCc1cc2c(C(=O)Nc3c(Cl)cncc3Cl)cnc(OC)c2o1. The molecule has 6 nitrogen and oxygen atoms in total. The number of amides is 1. The molecule has 0 saturated carbocycles. The van der Waals surface area contributed by atoms with Gasteiger partial charge < -0.3 is 14.5 Å². The summed E-state index contributed by atoms with van der Waals surface area (Å²) in [5, 5.41) is 3.79. The maximum Gasteiger partial charge on any atom is 0.258 e. The van der Waals surface area contributed by atoms with Crippen LogP contribution in [0.4, 0.5) is 5.69 Å². The molecule has 1 amide bonds. The number of furan rings is 1. The number of carbonyl (C=O) groups is 1. The molecule has 0 aliphatic carbocycles. The molecule has 0 fully saturated rings. The predicted molar refractivity (Wildman–Crippen MR) is 92.1 cm³/mol. The fourth-order valence-electron chi connectivity index (χ4n) is 2.26. The van der Waals surface area contributed by atoms with Crippen LogP contribution in [0.3, 0.4) is 0 Å². The molecule has 8 heteroatoms. The Hall–Kier alpha value is -2.31. The third-order valence-electron chi connectivity index (χ3n) is 3.46. The smallest absolute Gasteiger partial charge is 0.258 e. The van der Waals surface area contributed by atoms with Gasteiger partial charge in [0.2, 0.25) is 0 Å². The average Bonchev–Trinajstić information content (AvgIpc) is 3.01. The van der Waals surface area contributed by atoms with Gasteiger partial charge >= 0.3 is 0 Å². The first kappa shape index (κ1) is 16.5. The van der Waals surface area contributed by atoms with E-state index in [2.05, 4.69) is 15.3 Å². The van der Waals surface area contributed by atoms with E-state index >= 15 is 0 Å². The minimum absolute atomic E-state index is 0.245. The van der Waals surface area contributed by atoms with Crippen LogP contribution >= 0.6 is 23.2 Å². The van der Waals surface area contributed by atoms with Crippen LogP contribution in [-0.2, 0) is 6.42 Å². The van der Waals surface area contributed by atoms with Gasteiger partial charge in [0.25, 0.3) is 11.8 Å². The van der Waals surface area contributed by atoms with Crippen molar-refractivity contribution in [3.05, 3.63) is 46.0 Å². The van der Waals surface area contributed by atoms with Crippen LogP contribution in [0, 0.1) is 0 Å². The second-order valence-electron chi connectivity index (χ2n) is 4.92. The number of pyridine rings is 2. The highest BCUT2D eigenvalue weighted by Crippen LogP contribution is 2.32. The Bertz CT molecular complexity index is 904. The molecule has 124 valence electrons. The Balaban J connectivity index is 2.06. The van der Waals surface area contributed by atoms with Crippen molar-refractivity contribution in [2.24, 2.45) is 0 Å². The molecule has 24 heavy (non-hydrogen) atoms. The fourth-order valence-corrected chi connectivity index (χ4v) is 2.72. The van der Waals surface area contributed by atoms with Gasteiger partial charge in [-0.05, 0) is 6.07 Å². The molecule has 0 aromatic carbocycles. The van der Waals surface area contributed by atoms with Crippen LogP contribution in [0.1, 0.15) is 23.0 Å². The number of aryl methyl sites for hydroxylation is 1. The van der Waals surface area contributed by atoms with E-state index in [-0.39, 0.29) is 10.0 Å². The molecule has 0 spiro atoms. The van der Waals surface area contributed by atoms with Gasteiger partial charge in [0.15, 0.2) is 5.58 Å². The van der Waals surface area contributed by atoms with Crippen molar-refractivity contribution >= 4 is 45.8 Å². The van der Waals surface area contributed by atoms with E-state index in [9.17, 15) is 4.79 Å². The third kappa shape index (κ3) is 2.90. The van der Waals surface area contributed by atoms with Crippen LogP contribution in [0.2, 0.25) is 10.0 Å². The summed E-state index contributed by atoms with van der Waals surface area (Å²) >= 11 is 12.1. The van der Waals surface area contributed by atoms with Crippen molar-refractivity contribution in [1.82, 2.24) is 9.97 Å². The molecule has 0 atom stereocenters. The Labute approximate surface area is 147 Å². The number of rotatable bonds is 4. The Morgan fingerprint density at radius 3 is 2.62 bits per heavy atom. The van der Waals surface area contributed by atoms with Gasteiger partial charge in [0, 0.05) is 30.4 Å². The zero-order chi connectivity index (χ0) is 17.3. The maximum atomic E-state index is 12.7. The summed E-state index contributed by atoms with van der Waals surface area (Å²) in [6.07, 6.45) is 4.91. The Kier molecular flexibility index (Phi) is 4.59. The van der Waals surface area contributed by atoms with Crippen molar-refractivity contribution < 1.29 is 13.9 Å². The van der Waals surface area contributed by atoms with Gasteiger partial charge in [-0.1, -0.05) is 30.1 Å². The number of anilines is 1. The minimum Gasteiger partial charge on any atom is -0.478 e. The zero-order valence-electron chi connectivity index (χ0n) is 12.9. The number of methoxy groups -OCH3 is 1. The lowest BCUT2D eigenvalue weighted by Gasteiger charge is -2.09. The van der Waals surface area contributed by atoms with E-state index < -0.39 is 5.91 Å². The summed E-state index contributed by atoms with van der Waals surface area (Å²) in [4.78, 5) is 20.6. The lowest BCUT2D eigenvalue weighted by molar-refractivity contribution is 0.102. The van der Waals surface area contributed by atoms with Crippen LogP contribution in [0.15, 0.2) is 29.1 Å². The molecule has 0 radical (unpaired) electrons. The number of hydrogen-bond acceptors (Lipinski definition) is 5. The number of hydrogen-bond donors (Lipinski definition) is 1. The molecule has 0 aliphatic rings. The van der Waals surface area contributed by atoms with E-state index in [1.807, 2.05) is 6.92 Å². The van der Waals surface area contributed by atoms with Gasteiger partial charge in [0.1, 0.15) is 5.76 Å². The van der Waals surface area contributed by atoms with Gasteiger partial charge in [0.05, 0.1) is 28.4 Å². The molecule has 3 aromatic rings. The highest BCUT2D eigenvalue weighted by atomic mass is 35.5.